The van der Waals surface area contributed by atoms with Gasteiger partial charge in [0, 0.05) is 17.0 Å². The van der Waals surface area contributed by atoms with Crippen molar-refractivity contribution >= 4 is 17.5 Å². The van der Waals surface area contributed by atoms with Crippen molar-refractivity contribution in [1.82, 2.24) is 0 Å². The molecule has 1 atom stereocenters. The third-order valence-electron chi connectivity index (χ3n) is 4.85. The number of ketones is 2. The molecular weight excluding hydrogens is 336 g/mol. The number of Topliss-reactive ketones (excluding diaryl/α,β-unsaturated/α-hetero) is 2. The molecule has 6 nitrogen and oxygen atoms in total. The first kappa shape index (κ1) is 14.9. The van der Waals surface area contributed by atoms with Crippen LogP contribution in [0.4, 0.5) is 0 Å². The van der Waals surface area contributed by atoms with Crippen LogP contribution >= 0.6 is 0 Å². The zero-order valence-electron chi connectivity index (χ0n) is 13.5. The number of carbonyl (C=O) groups excluding carboxylic acids is 3. The minimum absolute atomic E-state index is 0.0142. The van der Waals surface area contributed by atoms with Crippen LogP contribution in [0.2, 0.25) is 0 Å². The minimum Gasteiger partial charge on any atom is -0.454 e. The molecule has 0 N–H and O–H groups in total. The summed E-state index contributed by atoms with van der Waals surface area (Å²) in [5, 5.41) is 0. The number of hydrogen-bond donors (Lipinski definition) is 0. The SMILES string of the molecule is O=C1CC(c2ccc3c(c2)OCO3)C2=C(O1)C(=O)c1ccccc1C2=O. The van der Waals surface area contributed by atoms with Gasteiger partial charge < -0.3 is 14.2 Å². The van der Waals surface area contributed by atoms with E-state index < -0.39 is 17.7 Å². The maximum absolute atomic E-state index is 13.1. The lowest BCUT2D eigenvalue weighted by Gasteiger charge is -2.30. The quantitative estimate of drug-likeness (QED) is 0.738. The Labute approximate surface area is 148 Å². The lowest BCUT2D eigenvalue weighted by Crippen LogP contribution is -2.32. The third kappa shape index (κ3) is 2.02. The predicted octanol–water partition coefficient (Wildman–Crippen LogP) is 2.78. The van der Waals surface area contributed by atoms with Gasteiger partial charge in [-0.25, -0.2) is 0 Å². The van der Waals surface area contributed by atoms with Crippen molar-refractivity contribution < 1.29 is 28.6 Å². The van der Waals surface area contributed by atoms with Gasteiger partial charge in [0.05, 0.1) is 12.0 Å². The van der Waals surface area contributed by atoms with Crippen LogP contribution in [0.1, 0.15) is 38.6 Å². The van der Waals surface area contributed by atoms with Crippen LogP contribution < -0.4 is 9.47 Å². The first-order valence-electron chi connectivity index (χ1n) is 8.16. The van der Waals surface area contributed by atoms with Crippen molar-refractivity contribution in [2.75, 3.05) is 6.79 Å². The molecule has 0 amide bonds. The van der Waals surface area contributed by atoms with E-state index in [4.69, 9.17) is 14.2 Å². The molecule has 0 radical (unpaired) electrons. The van der Waals surface area contributed by atoms with Gasteiger partial charge in [-0.1, -0.05) is 30.3 Å². The van der Waals surface area contributed by atoms with E-state index in [2.05, 4.69) is 0 Å². The second kappa shape index (κ2) is 5.29. The summed E-state index contributed by atoms with van der Waals surface area (Å²) < 4.78 is 15.9. The van der Waals surface area contributed by atoms with E-state index in [1.807, 2.05) is 0 Å². The van der Waals surface area contributed by atoms with E-state index in [0.717, 1.165) is 0 Å². The monoisotopic (exact) mass is 348 g/mol. The molecule has 0 saturated heterocycles. The van der Waals surface area contributed by atoms with Crippen LogP contribution in [0.15, 0.2) is 53.8 Å². The van der Waals surface area contributed by atoms with E-state index in [9.17, 15) is 14.4 Å². The van der Waals surface area contributed by atoms with E-state index in [0.29, 0.717) is 22.6 Å². The Morgan fingerprint density at radius 2 is 1.58 bits per heavy atom. The molecule has 5 rings (SSSR count). The number of fused-ring (bicyclic) bond motifs is 2. The summed E-state index contributed by atoms with van der Waals surface area (Å²) in [7, 11) is 0. The molecule has 1 unspecified atom stereocenters. The third-order valence-corrected chi connectivity index (χ3v) is 4.85. The molecule has 26 heavy (non-hydrogen) atoms. The van der Waals surface area contributed by atoms with Crippen molar-refractivity contribution in [2.45, 2.75) is 12.3 Å². The molecule has 2 aromatic rings. The summed E-state index contributed by atoms with van der Waals surface area (Å²) >= 11 is 0. The van der Waals surface area contributed by atoms with Crippen LogP contribution in [0.25, 0.3) is 0 Å². The smallest absolute Gasteiger partial charge is 0.312 e. The highest BCUT2D eigenvalue weighted by molar-refractivity contribution is 6.27. The Morgan fingerprint density at radius 1 is 0.846 bits per heavy atom. The average Bonchev–Trinajstić information content (AvgIpc) is 3.13. The lowest BCUT2D eigenvalue weighted by atomic mass is 9.77. The van der Waals surface area contributed by atoms with Crippen LogP contribution in [-0.2, 0) is 9.53 Å². The van der Waals surface area contributed by atoms with Crippen LogP contribution in [0, 0.1) is 0 Å². The maximum Gasteiger partial charge on any atom is 0.312 e. The molecule has 0 fully saturated rings. The Kier molecular flexibility index (Phi) is 3.03. The second-order valence-corrected chi connectivity index (χ2v) is 6.29. The number of hydrogen-bond acceptors (Lipinski definition) is 6. The summed E-state index contributed by atoms with van der Waals surface area (Å²) in [4.78, 5) is 38.0. The summed E-state index contributed by atoms with van der Waals surface area (Å²) in [6, 6.07) is 11.8. The minimum atomic E-state index is -0.564. The van der Waals surface area contributed by atoms with Crippen LogP contribution in [-0.4, -0.2) is 24.3 Å². The molecule has 128 valence electrons. The fourth-order valence-corrected chi connectivity index (χ4v) is 3.63. The van der Waals surface area contributed by atoms with Gasteiger partial charge >= 0.3 is 5.97 Å². The Bertz CT molecular complexity index is 1030. The highest BCUT2D eigenvalue weighted by atomic mass is 16.7. The van der Waals surface area contributed by atoms with E-state index in [1.54, 1.807) is 42.5 Å². The molecule has 0 spiro atoms. The Morgan fingerprint density at radius 3 is 2.38 bits per heavy atom. The van der Waals surface area contributed by atoms with E-state index >= 15 is 0 Å². The highest BCUT2D eigenvalue weighted by Crippen LogP contribution is 2.43. The normalized spacial score (nSPS) is 20.6. The summed E-state index contributed by atoms with van der Waals surface area (Å²) in [5.74, 6) is -0.819. The Balaban J connectivity index is 1.68. The number of benzene rings is 2. The van der Waals surface area contributed by atoms with Crippen molar-refractivity contribution in [1.29, 1.82) is 0 Å². The standard InChI is InChI=1S/C20H12O6/c21-16-8-13(10-5-6-14-15(7-10)25-9-24-14)17-18(22)11-3-1-2-4-12(11)19(23)20(17)26-16/h1-7,13H,8-9H2. The van der Waals surface area contributed by atoms with Gasteiger partial charge in [-0.3, -0.25) is 14.4 Å². The van der Waals surface area contributed by atoms with Crippen molar-refractivity contribution in [3.8, 4) is 11.5 Å². The molecule has 2 aliphatic heterocycles. The van der Waals surface area contributed by atoms with E-state index in [1.165, 1.54) is 0 Å². The van der Waals surface area contributed by atoms with Gasteiger partial charge in [0.15, 0.2) is 23.0 Å². The number of carbonyl (C=O) groups is 3. The first-order chi connectivity index (χ1) is 12.6. The zero-order chi connectivity index (χ0) is 17.8. The molecule has 0 saturated carbocycles. The van der Waals surface area contributed by atoms with Gasteiger partial charge in [-0.15, -0.1) is 0 Å². The fraction of sp³-hybridized carbons (Fsp3) is 0.150. The van der Waals surface area contributed by atoms with Gasteiger partial charge in [0.25, 0.3) is 0 Å². The molecule has 2 aromatic carbocycles. The summed E-state index contributed by atoms with van der Waals surface area (Å²) in [6.07, 6.45) is -0.0142. The molecule has 6 heteroatoms. The molecular formula is C20H12O6. The Hall–Kier alpha value is -3.41. The lowest BCUT2D eigenvalue weighted by molar-refractivity contribution is -0.140. The molecule has 0 aromatic heterocycles. The number of esters is 1. The van der Waals surface area contributed by atoms with Crippen molar-refractivity contribution in [2.24, 2.45) is 0 Å². The highest BCUT2D eigenvalue weighted by Gasteiger charge is 2.43. The molecule has 3 aliphatic rings. The number of allylic oxidation sites excluding steroid dienone is 2. The average molecular weight is 348 g/mol. The van der Waals surface area contributed by atoms with Crippen LogP contribution in [0.5, 0.6) is 11.5 Å². The maximum atomic E-state index is 13.1. The van der Waals surface area contributed by atoms with Gasteiger partial charge in [-0.05, 0) is 17.7 Å². The van der Waals surface area contributed by atoms with E-state index in [-0.39, 0.29) is 35.9 Å². The van der Waals surface area contributed by atoms with Crippen molar-refractivity contribution in [3.05, 3.63) is 70.5 Å². The fourth-order valence-electron chi connectivity index (χ4n) is 3.63. The first-order valence-corrected chi connectivity index (χ1v) is 8.16. The second-order valence-electron chi connectivity index (χ2n) is 6.29. The molecule has 2 heterocycles. The number of ether oxygens (including phenoxy) is 3. The topological polar surface area (TPSA) is 78.9 Å². The summed E-state index contributed by atoms with van der Waals surface area (Å²) in [5.41, 5.74) is 1.53. The van der Waals surface area contributed by atoms with Gasteiger partial charge in [-0.2, -0.15) is 0 Å². The van der Waals surface area contributed by atoms with Gasteiger partial charge in [0.2, 0.25) is 12.6 Å². The van der Waals surface area contributed by atoms with Crippen molar-refractivity contribution in [3.63, 3.8) is 0 Å². The predicted molar refractivity (Wildman–Crippen MR) is 88.1 cm³/mol. The molecule has 0 bridgehead atoms. The largest absolute Gasteiger partial charge is 0.454 e. The van der Waals surface area contributed by atoms with Gasteiger partial charge in [0.1, 0.15) is 0 Å². The van der Waals surface area contributed by atoms with Crippen LogP contribution in [0.3, 0.4) is 0 Å². The zero-order valence-corrected chi connectivity index (χ0v) is 13.5. The molecule has 1 aliphatic carbocycles. The summed E-state index contributed by atoms with van der Waals surface area (Å²) in [6.45, 7) is 0.129. The number of rotatable bonds is 1.